The highest BCUT2D eigenvalue weighted by molar-refractivity contribution is 5.73. The van der Waals surface area contributed by atoms with Crippen molar-refractivity contribution in [2.24, 2.45) is 7.05 Å². The van der Waals surface area contributed by atoms with Gasteiger partial charge in [0.2, 0.25) is 5.91 Å². The predicted octanol–water partition coefficient (Wildman–Crippen LogP) is 2.97. The minimum Gasteiger partial charge on any atom is -0.486 e. The Morgan fingerprint density at radius 3 is 2.75 bits per heavy atom. The van der Waals surface area contributed by atoms with Crippen LogP contribution in [-0.2, 0) is 24.9 Å². The molecule has 1 aromatic heterocycles. The quantitative estimate of drug-likeness (QED) is 0.819. The standard InChI is InChI=1S/C22H30N4O2/c1-17(27)25(3)19-8-10-22(11-9-19)15-26(14-20-12-23-16-24(20)2)13-18-6-4-5-7-21(18)28-22/h4-7,12,16,19H,8-11,13-15H2,1-3H3. The Balaban J connectivity index is 1.57. The summed E-state index contributed by atoms with van der Waals surface area (Å²) in [6.07, 6.45) is 7.70. The lowest BCUT2D eigenvalue weighted by atomic mass is 9.81. The number of benzene rings is 1. The van der Waals surface area contributed by atoms with Crippen LogP contribution >= 0.6 is 0 Å². The minimum atomic E-state index is -0.195. The van der Waals surface area contributed by atoms with Gasteiger partial charge < -0.3 is 14.2 Å². The van der Waals surface area contributed by atoms with Crippen molar-refractivity contribution >= 4 is 5.91 Å². The van der Waals surface area contributed by atoms with Crippen LogP contribution in [-0.4, -0.2) is 50.5 Å². The van der Waals surface area contributed by atoms with Crippen molar-refractivity contribution in [1.29, 1.82) is 0 Å². The van der Waals surface area contributed by atoms with E-state index in [1.807, 2.05) is 31.5 Å². The number of imidazole rings is 1. The Hall–Kier alpha value is -2.34. The van der Waals surface area contributed by atoms with Crippen LogP contribution in [0.3, 0.4) is 0 Å². The number of carbonyl (C=O) groups excluding carboxylic acids is 1. The van der Waals surface area contributed by atoms with Crippen LogP contribution in [0.25, 0.3) is 0 Å². The zero-order valence-electron chi connectivity index (χ0n) is 17.1. The molecule has 2 aliphatic rings. The second kappa shape index (κ2) is 7.59. The van der Waals surface area contributed by atoms with Gasteiger partial charge in [-0.15, -0.1) is 0 Å². The molecule has 0 atom stereocenters. The predicted molar refractivity (Wildman–Crippen MR) is 108 cm³/mol. The van der Waals surface area contributed by atoms with E-state index < -0.39 is 0 Å². The van der Waals surface area contributed by atoms with Crippen LogP contribution in [0.5, 0.6) is 5.75 Å². The summed E-state index contributed by atoms with van der Waals surface area (Å²) in [5, 5.41) is 0. The summed E-state index contributed by atoms with van der Waals surface area (Å²) in [5.41, 5.74) is 2.25. The van der Waals surface area contributed by atoms with Gasteiger partial charge >= 0.3 is 0 Å². The van der Waals surface area contributed by atoms with Crippen molar-refractivity contribution < 1.29 is 9.53 Å². The van der Waals surface area contributed by atoms with E-state index in [1.165, 1.54) is 11.3 Å². The van der Waals surface area contributed by atoms with Crippen molar-refractivity contribution in [2.45, 2.75) is 57.3 Å². The van der Waals surface area contributed by atoms with E-state index >= 15 is 0 Å². The van der Waals surface area contributed by atoms with Crippen molar-refractivity contribution in [3.05, 3.63) is 48.0 Å². The average molecular weight is 383 g/mol. The Labute approximate surface area is 167 Å². The minimum absolute atomic E-state index is 0.144. The Morgan fingerprint density at radius 1 is 1.32 bits per heavy atom. The molecule has 1 amide bonds. The zero-order valence-corrected chi connectivity index (χ0v) is 17.1. The van der Waals surface area contributed by atoms with Gasteiger partial charge in [0.25, 0.3) is 0 Å². The first-order valence-electron chi connectivity index (χ1n) is 10.1. The van der Waals surface area contributed by atoms with E-state index in [-0.39, 0.29) is 11.5 Å². The van der Waals surface area contributed by atoms with Crippen molar-refractivity contribution in [3.8, 4) is 5.75 Å². The van der Waals surface area contributed by atoms with Crippen molar-refractivity contribution in [3.63, 3.8) is 0 Å². The Bertz CT molecular complexity index is 839. The molecule has 6 nitrogen and oxygen atoms in total. The fraction of sp³-hybridized carbons (Fsp3) is 0.545. The van der Waals surface area contributed by atoms with Gasteiger partial charge in [0.05, 0.1) is 12.0 Å². The number of fused-ring (bicyclic) bond motifs is 1. The lowest BCUT2D eigenvalue weighted by molar-refractivity contribution is -0.131. The van der Waals surface area contributed by atoms with Crippen LogP contribution < -0.4 is 4.74 Å². The third-order valence-electron chi connectivity index (χ3n) is 6.42. The number of aryl methyl sites for hydroxylation is 1. The second-order valence-electron chi connectivity index (χ2n) is 8.39. The molecule has 1 fully saturated rings. The highest BCUT2D eigenvalue weighted by Gasteiger charge is 2.42. The normalized spacial score (nSPS) is 25.0. The fourth-order valence-electron chi connectivity index (χ4n) is 4.61. The van der Waals surface area contributed by atoms with E-state index in [0.717, 1.165) is 51.1 Å². The molecule has 1 aromatic carbocycles. The number of para-hydroxylation sites is 1. The SMILES string of the molecule is CC(=O)N(C)C1CCC2(CC1)CN(Cc1cncn1C)Cc1ccccc1O2. The van der Waals surface area contributed by atoms with Gasteiger partial charge in [0, 0.05) is 58.5 Å². The summed E-state index contributed by atoms with van der Waals surface area (Å²) in [5.74, 6) is 1.15. The van der Waals surface area contributed by atoms with Crippen LogP contribution in [0.2, 0.25) is 0 Å². The van der Waals surface area contributed by atoms with Gasteiger partial charge in [0.1, 0.15) is 11.4 Å². The zero-order chi connectivity index (χ0) is 19.7. The molecule has 0 N–H and O–H groups in total. The third kappa shape index (κ3) is 3.78. The summed E-state index contributed by atoms with van der Waals surface area (Å²) in [6, 6.07) is 8.72. The van der Waals surface area contributed by atoms with Gasteiger partial charge in [-0.2, -0.15) is 0 Å². The first-order valence-corrected chi connectivity index (χ1v) is 10.1. The maximum absolute atomic E-state index is 11.8. The molecule has 0 bridgehead atoms. The number of ether oxygens (including phenoxy) is 1. The Kier molecular flexibility index (Phi) is 5.15. The summed E-state index contributed by atoms with van der Waals surface area (Å²) >= 11 is 0. The van der Waals surface area contributed by atoms with Crippen LogP contribution in [0.4, 0.5) is 0 Å². The molecule has 2 heterocycles. The number of carbonyl (C=O) groups is 1. The molecule has 1 spiro atoms. The summed E-state index contributed by atoms with van der Waals surface area (Å²) < 4.78 is 8.77. The maximum atomic E-state index is 11.8. The summed E-state index contributed by atoms with van der Waals surface area (Å²) in [4.78, 5) is 20.4. The lowest BCUT2D eigenvalue weighted by Crippen LogP contribution is -2.51. The van der Waals surface area contributed by atoms with Crippen LogP contribution in [0.1, 0.15) is 43.9 Å². The first kappa shape index (κ1) is 19.0. The molecule has 1 saturated carbocycles. The molecule has 0 saturated heterocycles. The van der Waals surface area contributed by atoms with Crippen LogP contribution in [0.15, 0.2) is 36.8 Å². The highest BCUT2D eigenvalue weighted by Crippen LogP contribution is 2.39. The molecule has 4 rings (SSSR count). The largest absolute Gasteiger partial charge is 0.486 e. The van der Waals surface area contributed by atoms with Crippen LogP contribution in [0, 0.1) is 0 Å². The molecular weight excluding hydrogens is 352 g/mol. The number of amides is 1. The monoisotopic (exact) mass is 382 g/mol. The van der Waals surface area contributed by atoms with E-state index in [4.69, 9.17) is 4.74 Å². The van der Waals surface area contributed by atoms with E-state index in [0.29, 0.717) is 6.04 Å². The smallest absolute Gasteiger partial charge is 0.219 e. The molecule has 6 heteroatoms. The number of aromatic nitrogens is 2. The number of rotatable bonds is 3. The van der Waals surface area contributed by atoms with E-state index in [2.05, 4.69) is 38.7 Å². The van der Waals surface area contributed by atoms with Gasteiger partial charge in [-0.1, -0.05) is 18.2 Å². The maximum Gasteiger partial charge on any atom is 0.219 e. The van der Waals surface area contributed by atoms with Crippen molar-refractivity contribution in [2.75, 3.05) is 13.6 Å². The molecule has 0 radical (unpaired) electrons. The molecule has 150 valence electrons. The molecule has 1 aliphatic carbocycles. The topological polar surface area (TPSA) is 50.6 Å². The lowest BCUT2D eigenvalue weighted by Gasteiger charge is -2.43. The van der Waals surface area contributed by atoms with Gasteiger partial charge in [-0.25, -0.2) is 4.98 Å². The van der Waals surface area contributed by atoms with E-state index in [9.17, 15) is 4.79 Å². The molecule has 2 aromatic rings. The molecule has 28 heavy (non-hydrogen) atoms. The third-order valence-corrected chi connectivity index (χ3v) is 6.42. The fourth-order valence-corrected chi connectivity index (χ4v) is 4.61. The van der Waals surface area contributed by atoms with Gasteiger partial charge in [-0.05, 0) is 31.7 Å². The number of hydrogen-bond acceptors (Lipinski definition) is 4. The summed E-state index contributed by atoms with van der Waals surface area (Å²) in [6.45, 7) is 4.27. The van der Waals surface area contributed by atoms with Gasteiger partial charge in [-0.3, -0.25) is 9.69 Å². The molecular formula is C22H30N4O2. The molecule has 1 aliphatic heterocycles. The van der Waals surface area contributed by atoms with Gasteiger partial charge in [0.15, 0.2) is 0 Å². The summed E-state index contributed by atoms with van der Waals surface area (Å²) in [7, 11) is 3.96. The number of hydrogen-bond donors (Lipinski definition) is 0. The average Bonchev–Trinajstić information content (AvgIpc) is 3.00. The number of nitrogens with zero attached hydrogens (tertiary/aromatic N) is 4. The first-order chi connectivity index (χ1) is 13.5. The van der Waals surface area contributed by atoms with Crippen molar-refractivity contribution in [1.82, 2.24) is 19.4 Å². The second-order valence-corrected chi connectivity index (χ2v) is 8.39. The van der Waals surface area contributed by atoms with E-state index in [1.54, 1.807) is 6.92 Å². The molecule has 0 unspecified atom stereocenters. The highest BCUT2D eigenvalue weighted by atomic mass is 16.5. The Morgan fingerprint density at radius 2 is 2.07 bits per heavy atom.